The van der Waals surface area contributed by atoms with Gasteiger partial charge < -0.3 is 24.6 Å². The summed E-state index contributed by atoms with van der Waals surface area (Å²) in [6.07, 6.45) is 0.558. The van der Waals surface area contributed by atoms with Crippen molar-refractivity contribution in [2.24, 2.45) is 4.99 Å². The monoisotopic (exact) mass is 604 g/mol. The van der Waals surface area contributed by atoms with Crippen LogP contribution in [0.4, 0.5) is 5.69 Å². The Hall–Kier alpha value is -4.76. The minimum Gasteiger partial charge on any atom is -0.454 e. The maximum atomic E-state index is 14.0. The van der Waals surface area contributed by atoms with Gasteiger partial charge in [-0.05, 0) is 41.5 Å². The van der Waals surface area contributed by atoms with Gasteiger partial charge in [-0.15, -0.1) is 0 Å². The number of hydrogen-bond donors (Lipinski definition) is 1. The number of nitrogens with zero attached hydrogens (tertiary/aromatic N) is 3. The molecule has 4 aromatic carbocycles. The van der Waals surface area contributed by atoms with Gasteiger partial charge in [-0.3, -0.25) is 9.59 Å². The highest BCUT2D eigenvalue weighted by atomic mass is 32.2. The van der Waals surface area contributed by atoms with E-state index in [2.05, 4.69) is 40.5 Å². The number of amides is 2. The summed E-state index contributed by atoms with van der Waals surface area (Å²) in [5, 5.41) is 3.04. The van der Waals surface area contributed by atoms with Gasteiger partial charge in [-0.2, -0.15) is 0 Å². The number of amidine groups is 1. The molecular weight excluding hydrogens is 572 g/mol. The Morgan fingerprint density at radius 3 is 2.36 bits per heavy atom. The first-order chi connectivity index (χ1) is 21.6. The summed E-state index contributed by atoms with van der Waals surface area (Å²) in [6, 6.07) is 31.2. The molecule has 3 heterocycles. The molecule has 0 aliphatic carbocycles. The molecule has 0 saturated carbocycles. The van der Waals surface area contributed by atoms with Crippen LogP contribution < -0.4 is 14.8 Å². The zero-order chi connectivity index (χ0) is 29.9. The zero-order valence-electron chi connectivity index (χ0n) is 24.1. The minimum absolute atomic E-state index is 0.0725. The number of piperazine rings is 1. The van der Waals surface area contributed by atoms with Gasteiger partial charge in [-0.25, -0.2) is 4.99 Å². The molecule has 0 spiro atoms. The van der Waals surface area contributed by atoms with Crippen LogP contribution in [0.15, 0.2) is 112 Å². The maximum Gasteiger partial charge on any atom is 0.245 e. The van der Waals surface area contributed by atoms with Gasteiger partial charge in [0.25, 0.3) is 0 Å². The number of para-hydroxylation sites is 1. The maximum absolute atomic E-state index is 14.0. The summed E-state index contributed by atoms with van der Waals surface area (Å²) in [5.41, 5.74) is 3.85. The summed E-state index contributed by atoms with van der Waals surface area (Å²) in [7, 11) is 0. The molecule has 9 heteroatoms. The van der Waals surface area contributed by atoms with E-state index < -0.39 is 6.04 Å². The minimum atomic E-state index is -0.676. The van der Waals surface area contributed by atoms with Gasteiger partial charge in [0.05, 0.1) is 12.1 Å². The third-order valence-corrected chi connectivity index (χ3v) is 9.19. The molecule has 1 saturated heterocycles. The topological polar surface area (TPSA) is 83.5 Å². The highest BCUT2D eigenvalue weighted by molar-refractivity contribution is 7.99. The lowest BCUT2D eigenvalue weighted by Gasteiger charge is -2.38. The first-order valence-corrected chi connectivity index (χ1v) is 15.6. The highest BCUT2D eigenvalue weighted by Crippen LogP contribution is 2.40. The molecule has 44 heavy (non-hydrogen) atoms. The van der Waals surface area contributed by atoms with Gasteiger partial charge in [0, 0.05) is 48.0 Å². The number of aliphatic imine (C=N–C) groups is 1. The van der Waals surface area contributed by atoms with Gasteiger partial charge in [0.1, 0.15) is 11.9 Å². The van der Waals surface area contributed by atoms with E-state index in [9.17, 15) is 9.59 Å². The van der Waals surface area contributed by atoms with Crippen LogP contribution in [0.25, 0.3) is 0 Å². The van der Waals surface area contributed by atoms with E-state index in [0.717, 1.165) is 33.1 Å². The summed E-state index contributed by atoms with van der Waals surface area (Å²) >= 11 is 1.73. The van der Waals surface area contributed by atoms with Gasteiger partial charge in [-0.1, -0.05) is 78.5 Å². The van der Waals surface area contributed by atoms with Crippen molar-refractivity contribution < 1.29 is 19.1 Å². The fourth-order valence-corrected chi connectivity index (χ4v) is 6.82. The van der Waals surface area contributed by atoms with Crippen LogP contribution in [0.3, 0.4) is 0 Å². The lowest BCUT2D eigenvalue weighted by Crippen LogP contribution is -2.56. The van der Waals surface area contributed by atoms with E-state index in [0.29, 0.717) is 44.1 Å². The normalized spacial score (nSPS) is 15.9. The third-order valence-electron chi connectivity index (χ3n) is 8.05. The van der Waals surface area contributed by atoms with Gasteiger partial charge in [0.15, 0.2) is 11.5 Å². The molecule has 7 rings (SSSR count). The summed E-state index contributed by atoms with van der Waals surface area (Å²) in [5.74, 6) is 1.96. The molecule has 8 nitrogen and oxygen atoms in total. The van der Waals surface area contributed by atoms with E-state index in [1.807, 2.05) is 71.6 Å². The van der Waals surface area contributed by atoms with E-state index in [4.69, 9.17) is 14.5 Å². The first kappa shape index (κ1) is 28.0. The third kappa shape index (κ3) is 6.01. The summed E-state index contributed by atoms with van der Waals surface area (Å²) in [4.78, 5) is 38.7. The van der Waals surface area contributed by atoms with Crippen molar-refractivity contribution in [1.82, 2.24) is 15.1 Å². The molecule has 1 unspecified atom stereocenters. The van der Waals surface area contributed by atoms with Crippen LogP contribution in [-0.2, 0) is 22.4 Å². The smallest absolute Gasteiger partial charge is 0.245 e. The van der Waals surface area contributed by atoms with Crippen LogP contribution in [-0.4, -0.2) is 66.5 Å². The number of hydrogen-bond acceptors (Lipinski definition) is 7. The Kier molecular flexibility index (Phi) is 7.94. The summed E-state index contributed by atoms with van der Waals surface area (Å²) in [6.45, 7) is 2.55. The number of carbonyl (C=O) groups is 2. The molecule has 222 valence electrons. The highest BCUT2D eigenvalue weighted by Gasteiger charge is 2.31. The quantitative estimate of drug-likeness (QED) is 0.331. The van der Waals surface area contributed by atoms with Gasteiger partial charge in [0.2, 0.25) is 18.6 Å². The van der Waals surface area contributed by atoms with E-state index in [-0.39, 0.29) is 25.0 Å². The predicted molar refractivity (Wildman–Crippen MR) is 170 cm³/mol. The standard InChI is InChI=1S/C35H32N4O4S/c40-33(22-25-14-15-29-30(21-25)43-23-42-29)36-28(20-24-8-2-1-3-9-24)35(41)39-18-16-38(17-19-39)34-26-10-4-6-12-31(26)44-32-13-7-5-11-27(32)37-34/h1-15,21,28H,16-20,22-23H2,(H,36,40). The largest absolute Gasteiger partial charge is 0.454 e. The molecule has 1 N–H and O–H groups in total. The second kappa shape index (κ2) is 12.5. The molecule has 1 atom stereocenters. The van der Waals surface area contributed by atoms with Crippen LogP contribution >= 0.6 is 11.8 Å². The van der Waals surface area contributed by atoms with E-state index in [1.54, 1.807) is 11.8 Å². The molecule has 0 aromatic heterocycles. The SMILES string of the molecule is O=C(Cc1ccc2c(c1)OCO2)NC(Cc1ccccc1)C(=O)N1CCN(C2=Nc3ccccc3Sc3ccccc32)CC1. The molecule has 1 fully saturated rings. The number of ether oxygens (including phenoxy) is 2. The van der Waals surface area contributed by atoms with Crippen molar-refractivity contribution in [2.75, 3.05) is 33.0 Å². The Morgan fingerprint density at radius 1 is 0.795 bits per heavy atom. The van der Waals surface area contributed by atoms with E-state index in [1.165, 1.54) is 4.90 Å². The second-order valence-corrected chi connectivity index (χ2v) is 12.1. The lowest BCUT2D eigenvalue weighted by molar-refractivity contribution is -0.137. The van der Waals surface area contributed by atoms with Crippen LogP contribution in [0, 0.1) is 0 Å². The van der Waals surface area contributed by atoms with Crippen LogP contribution in [0.2, 0.25) is 0 Å². The zero-order valence-corrected chi connectivity index (χ0v) is 25.0. The Labute approximate surface area is 260 Å². The van der Waals surface area contributed by atoms with Gasteiger partial charge >= 0.3 is 0 Å². The fraction of sp³-hybridized carbons (Fsp3) is 0.229. The molecule has 3 aliphatic heterocycles. The number of fused-ring (bicyclic) bond motifs is 3. The molecule has 2 amide bonds. The molecule has 4 aromatic rings. The Bertz CT molecular complexity index is 1720. The van der Waals surface area contributed by atoms with Crippen molar-refractivity contribution in [2.45, 2.75) is 28.7 Å². The molecule has 0 radical (unpaired) electrons. The van der Waals surface area contributed by atoms with Crippen LogP contribution in [0.5, 0.6) is 11.5 Å². The summed E-state index contributed by atoms with van der Waals surface area (Å²) < 4.78 is 10.9. The number of benzene rings is 4. The van der Waals surface area contributed by atoms with Crippen molar-refractivity contribution in [3.05, 3.63) is 114 Å². The van der Waals surface area contributed by atoms with Crippen molar-refractivity contribution in [3.63, 3.8) is 0 Å². The Balaban J connectivity index is 1.06. The van der Waals surface area contributed by atoms with Crippen molar-refractivity contribution in [3.8, 4) is 11.5 Å². The Morgan fingerprint density at radius 2 is 1.52 bits per heavy atom. The molecule has 0 bridgehead atoms. The lowest BCUT2D eigenvalue weighted by atomic mass is 10.0. The molecular formula is C35H32N4O4S. The van der Waals surface area contributed by atoms with E-state index >= 15 is 0 Å². The predicted octanol–water partition coefficient (Wildman–Crippen LogP) is 5.07. The van der Waals surface area contributed by atoms with Crippen molar-refractivity contribution >= 4 is 35.1 Å². The number of nitrogens with one attached hydrogen (secondary N) is 1. The molecule has 3 aliphatic rings. The fourth-order valence-electron chi connectivity index (χ4n) is 5.80. The van der Waals surface area contributed by atoms with Crippen LogP contribution in [0.1, 0.15) is 16.7 Å². The average Bonchev–Trinajstić information content (AvgIpc) is 3.45. The average molecular weight is 605 g/mol. The number of rotatable bonds is 6. The number of carbonyl (C=O) groups excluding carboxylic acids is 2. The van der Waals surface area contributed by atoms with Crippen molar-refractivity contribution in [1.29, 1.82) is 0 Å². The second-order valence-electron chi connectivity index (χ2n) is 11.0. The first-order valence-electron chi connectivity index (χ1n) is 14.8.